The monoisotopic (exact) mass is 516 g/mol. The van der Waals surface area contributed by atoms with Gasteiger partial charge in [0.15, 0.2) is 0 Å². The Morgan fingerprint density at radius 2 is 1.72 bits per heavy atom. The second kappa shape index (κ2) is 11.2. The van der Waals surface area contributed by atoms with Crippen LogP contribution in [0.15, 0.2) is 90.2 Å². The Balaban J connectivity index is 1.32. The smallest absolute Gasteiger partial charge is 0.238 e. The predicted molar refractivity (Wildman–Crippen MR) is 157 cm³/mol. The minimum atomic E-state index is -0.506. The summed E-state index contributed by atoms with van der Waals surface area (Å²) in [6, 6.07) is 24.4. The minimum absolute atomic E-state index is 0.0749. The third-order valence-electron chi connectivity index (χ3n) is 7.34. The number of benzene rings is 3. The largest absolute Gasteiger partial charge is 0.355 e. The average Bonchev–Trinajstić information content (AvgIpc) is 3.60. The average molecular weight is 517 g/mol. The van der Waals surface area contributed by atoms with Crippen LogP contribution in [0.5, 0.6) is 0 Å². The van der Waals surface area contributed by atoms with E-state index < -0.39 is 5.92 Å². The van der Waals surface area contributed by atoms with E-state index in [-0.39, 0.29) is 5.91 Å². The highest BCUT2D eigenvalue weighted by molar-refractivity contribution is 6.24. The SMILES string of the molecule is CCNc1ncc(-c2ccc3c(c2)NC(=O)C3C(=Nc2ccc(CN3CCCC3)cc2)c2ccccc2)cn1. The van der Waals surface area contributed by atoms with E-state index in [1.807, 2.05) is 55.5 Å². The van der Waals surface area contributed by atoms with Crippen molar-refractivity contribution in [1.82, 2.24) is 14.9 Å². The van der Waals surface area contributed by atoms with E-state index in [4.69, 9.17) is 4.99 Å². The maximum Gasteiger partial charge on any atom is 0.238 e. The number of amides is 1. The zero-order chi connectivity index (χ0) is 26.6. The van der Waals surface area contributed by atoms with E-state index in [0.29, 0.717) is 5.95 Å². The van der Waals surface area contributed by atoms with Gasteiger partial charge >= 0.3 is 0 Å². The summed E-state index contributed by atoms with van der Waals surface area (Å²) in [7, 11) is 0. The summed E-state index contributed by atoms with van der Waals surface area (Å²) in [5.41, 5.74) is 7.36. The molecule has 0 radical (unpaired) electrons. The first-order valence-corrected chi connectivity index (χ1v) is 13.6. The predicted octanol–water partition coefficient (Wildman–Crippen LogP) is 6.03. The lowest BCUT2D eigenvalue weighted by Crippen LogP contribution is -2.22. The van der Waals surface area contributed by atoms with Gasteiger partial charge in [-0.3, -0.25) is 14.7 Å². The van der Waals surface area contributed by atoms with Crippen LogP contribution in [0, 0.1) is 0 Å². The summed E-state index contributed by atoms with van der Waals surface area (Å²) < 4.78 is 0. The summed E-state index contributed by atoms with van der Waals surface area (Å²) in [6.45, 7) is 6.09. The molecule has 7 nitrogen and oxygen atoms in total. The van der Waals surface area contributed by atoms with Crippen LogP contribution in [0.2, 0.25) is 0 Å². The Bertz CT molecular complexity index is 1480. The minimum Gasteiger partial charge on any atom is -0.355 e. The van der Waals surface area contributed by atoms with Crippen molar-refractivity contribution in [3.05, 3.63) is 102 Å². The maximum absolute atomic E-state index is 13.4. The normalized spacial score (nSPS) is 17.2. The van der Waals surface area contributed by atoms with Gasteiger partial charge in [-0.2, -0.15) is 0 Å². The molecule has 3 aromatic carbocycles. The lowest BCUT2D eigenvalue weighted by atomic mass is 9.90. The van der Waals surface area contributed by atoms with E-state index >= 15 is 0 Å². The molecule has 1 saturated heterocycles. The number of carbonyl (C=O) groups is 1. The first-order valence-electron chi connectivity index (χ1n) is 13.6. The van der Waals surface area contributed by atoms with Gasteiger partial charge in [0.2, 0.25) is 11.9 Å². The van der Waals surface area contributed by atoms with Crippen LogP contribution >= 0.6 is 0 Å². The number of nitrogens with one attached hydrogen (secondary N) is 2. The summed E-state index contributed by atoms with van der Waals surface area (Å²) in [5.74, 6) is 0.0193. The quantitative estimate of drug-likeness (QED) is 0.280. The molecule has 196 valence electrons. The van der Waals surface area contributed by atoms with Gasteiger partial charge in [0, 0.05) is 36.7 Å². The fourth-order valence-corrected chi connectivity index (χ4v) is 5.36. The molecule has 2 N–H and O–H groups in total. The first kappa shape index (κ1) is 24.9. The van der Waals surface area contributed by atoms with Crippen LogP contribution in [0.25, 0.3) is 11.1 Å². The molecule has 2 aliphatic rings. The van der Waals surface area contributed by atoms with Crippen molar-refractivity contribution < 1.29 is 4.79 Å². The van der Waals surface area contributed by atoms with Gasteiger partial charge in [-0.25, -0.2) is 9.97 Å². The Kier molecular flexibility index (Phi) is 7.15. The van der Waals surface area contributed by atoms with Crippen LogP contribution in [-0.2, 0) is 11.3 Å². The van der Waals surface area contributed by atoms with Gasteiger partial charge in [0.1, 0.15) is 5.92 Å². The van der Waals surface area contributed by atoms with Crippen LogP contribution in [0.3, 0.4) is 0 Å². The molecule has 0 saturated carbocycles. The standard InChI is InChI=1S/C32H32N6O/c1-2-33-32-34-19-25(20-35-32)24-12-15-27-28(18-24)37-31(39)29(27)30(23-8-4-3-5-9-23)36-26-13-10-22(11-14-26)21-38-16-6-7-17-38/h3-5,8-15,18-20,29H,2,6-7,16-17,21H2,1H3,(H,37,39)(H,33,34,35). The molecular weight excluding hydrogens is 484 g/mol. The number of aromatic nitrogens is 2. The number of nitrogens with zero attached hydrogens (tertiary/aromatic N) is 4. The molecule has 0 aliphatic carbocycles. The Hall–Kier alpha value is -4.36. The third-order valence-corrected chi connectivity index (χ3v) is 7.34. The van der Waals surface area contributed by atoms with E-state index in [1.54, 1.807) is 12.4 Å². The first-order chi connectivity index (χ1) is 19.2. The molecule has 1 aromatic heterocycles. The van der Waals surface area contributed by atoms with Crippen LogP contribution in [-0.4, -0.2) is 46.1 Å². The third kappa shape index (κ3) is 5.45. The summed E-state index contributed by atoms with van der Waals surface area (Å²) in [4.78, 5) is 29.7. The molecule has 1 unspecified atom stereocenters. The number of hydrogen-bond acceptors (Lipinski definition) is 6. The van der Waals surface area contributed by atoms with Gasteiger partial charge in [-0.1, -0.05) is 54.6 Å². The van der Waals surface area contributed by atoms with Crippen molar-refractivity contribution in [3.63, 3.8) is 0 Å². The number of fused-ring (bicyclic) bond motifs is 1. The van der Waals surface area contributed by atoms with Gasteiger partial charge in [-0.15, -0.1) is 0 Å². The van der Waals surface area contributed by atoms with Crippen LogP contribution in [0.4, 0.5) is 17.3 Å². The number of hydrogen-bond donors (Lipinski definition) is 2. The molecule has 0 spiro atoms. The molecule has 7 heteroatoms. The molecule has 39 heavy (non-hydrogen) atoms. The second-order valence-electron chi connectivity index (χ2n) is 10.1. The van der Waals surface area contributed by atoms with E-state index in [2.05, 4.69) is 49.8 Å². The fraction of sp³-hybridized carbons (Fsp3) is 0.250. The highest BCUT2D eigenvalue weighted by Crippen LogP contribution is 2.38. The van der Waals surface area contributed by atoms with Gasteiger partial charge in [-0.05, 0) is 73.3 Å². The van der Waals surface area contributed by atoms with Gasteiger partial charge in [0.05, 0.1) is 11.4 Å². The van der Waals surface area contributed by atoms with Gasteiger partial charge in [0.25, 0.3) is 0 Å². The maximum atomic E-state index is 13.4. The van der Waals surface area contributed by atoms with Crippen molar-refractivity contribution in [2.24, 2.45) is 4.99 Å². The van der Waals surface area contributed by atoms with Crippen molar-refractivity contribution in [3.8, 4) is 11.1 Å². The number of carbonyl (C=O) groups excluding carboxylic acids is 1. The summed E-state index contributed by atoms with van der Waals surface area (Å²) >= 11 is 0. The highest BCUT2D eigenvalue weighted by atomic mass is 16.2. The van der Waals surface area contributed by atoms with Crippen molar-refractivity contribution >= 4 is 28.9 Å². The zero-order valence-corrected chi connectivity index (χ0v) is 22.1. The lowest BCUT2D eigenvalue weighted by Gasteiger charge is -2.15. The number of anilines is 2. The molecule has 4 aromatic rings. The van der Waals surface area contributed by atoms with Crippen molar-refractivity contribution in [1.29, 1.82) is 0 Å². The zero-order valence-electron chi connectivity index (χ0n) is 22.1. The van der Waals surface area contributed by atoms with Crippen molar-refractivity contribution in [2.45, 2.75) is 32.2 Å². The number of likely N-dealkylation sites (tertiary alicyclic amines) is 1. The summed E-state index contributed by atoms with van der Waals surface area (Å²) in [6.07, 6.45) is 6.16. The molecule has 1 atom stereocenters. The van der Waals surface area contributed by atoms with Crippen LogP contribution < -0.4 is 10.6 Å². The Labute approximate surface area is 229 Å². The Morgan fingerprint density at radius 1 is 0.974 bits per heavy atom. The van der Waals surface area contributed by atoms with E-state index in [9.17, 15) is 4.79 Å². The highest BCUT2D eigenvalue weighted by Gasteiger charge is 2.35. The lowest BCUT2D eigenvalue weighted by molar-refractivity contribution is -0.115. The summed E-state index contributed by atoms with van der Waals surface area (Å²) in [5, 5.41) is 6.21. The second-order valence-corrected chi connectivity index (χ2v) is 10.1. The fourth-order valence-electron chi connectivity index (χ4n) is 5.36. The Morgan fingerprint density at radius 3 is 2.44 bits per heavy atom. The topological polar surface area (TPSA) is 82.5 Å². The van der Waals surface area contributed by atoms with E-state index in [0.717, 1.165) is 52.4 Å². The van der Waals surface area contributed by atoms with E-state index in [1.165, 1.54) is 31.5 Å². The number of rotatable bonds is 8. The molecule has 6 rings (SSSR count). The molecular formula is C32H32N6O. The molecule has 3 heterocycles. The molecule has 0 bridgehead atoms. The number of aliphatic imine (C=N–C) groups is 1. The van der Waals surface area contributed by atoms with Gasteiger partial charge < -0.3 is 10.6 Å². The van der Waals surface area contributed by atoms with Crippen molar-refractivity contribution in [2.75, 3.05) is 30.3 Å². The van der Waals surface area contributed by atoms with Crippen LogP contribution in [0.1, 0.15) is 42.4 Å². The molecule has 1 fully saturated rings. The molecule has 1 amide bonds. The molecule has 2 aliphatic heterocycles.